The lowest BCUT2D eigenvalue weighted by atomic mass is 9.94. The number of esters is 1. The molecule has 0 aliphatic carbocycles. The minimum atomic E-state index is -4.47. The number of halogens is 3. The monoisotopic (exact) mass is 534 g/mol. The number of amides is 4. The second-order valence-corrected chi connectivity index (χ2v) is 8.44. The SMILES string of the molecule is CCCN1C(=O)NC(c2ccc(NC(=O)Nc3ccc(C(F)(F)F)cc3)cc2)C(C(=O)OCCOC)=C1C. The Morgan fingerprint density at radius 2 is 1.58 bits per heavy atom. The molecule has 1 heterocycles. The van der Waals surface area contributed by atoms with Crippen molar-refractivity contribution in [2.24, 2.45) is 0 Å². The van der Waals surface area contributed by atoms with Gasteiger partial charge in [0, 0.05) is 30.7 Å². The van der Waals surface area contributed by atoms with Gasteiger partial charge in [-0.25, -0.2) is 14.4 Å². The summed E-state index contributed by atoms with van der Waals surface area (Å²) in [6.45, 7) is 4.31. The first-order valence-corrected chi connectivity index (χ1v) is 11.8. The summed E-state index contributed by atoms with van der Waals surface area (Å²) in [7, 11) is 1.49. The van der Waals surface area contributed by atoms with Crippen LogP contribution in [0.3, 0.4) is 0 Å². The molecule has 3 rings (SSSR count). The number of nitrogens with zero attached hydrogens (tertiary/aromatic N) is 1. The van der Waals surface area contributed by atoms with E-state index in [-0.39, 0.29) is 30.5 Å². The van der Waals surface area contributed by atoms with Crippen LogP contribution in [-0.2, 0) is 20.4 Å². The average Bonchev–Trinajstić information content (AvgIpc) is 2.86. The van der Waals surface area contributed by atoms with E-state index >= 15 is 0 Å². The summed E-state index contributed by atoms with van der Waals surface area (Å²) in [5.41, 5.74) is 1.11. The Morgan fingerprint density at radius 1 is 1.00 bits per heavy atom. The van der Waals surface area contributed by atoms with Gasteiger partial charge in [-0.15, -0.1) is 0 Å². The lowest BCUT2D eigenvalue weighted by Crippen LogP contribution is -2.48. The third-order valence-corrected chi connectivity index (χ3v) is 5.76. The summed E-state index contributed by atoms with van der Waals surface area (Å²) in [5.74, 6) is -0.580. The molecule has 3 N–H and O–H groups in total. The molecular formula is C26H29F3N4O5. The fraction of sp³-hybridized carbons (Fsp3) is 0.346. The number of nitrogens with one attached hydrogen (secondary N) is 3. The fourth-order valence-corrected chi connectivity index (χ4v) is 3.88. The summed E-state index contributed by atoms with van der Waals surface area (Å²) >= 11 is 0. The van der Waals surface area contributed by atoms with Crippen molar-refractivity contribution in [1.29, 1.82) is 0 Å². The van der Waals surface area contributed by atoms with Crippen LogP contribution in [0.2, 0.25) is 0 Å². The Balaban J connectivity index is 1.74. The van der Waals surface area contributed by atoms with E-state index in [1.165, 1.54) is 12.0 Å². The minimum Gasteiger partial charge on any atom is -0.460 e. The molecule has 0 fully saturated rings. The van der Waals surface area contributed by atoms with Gasteiger partial charge >= 0.3 is 24.2 Å². The number of allylic oxidation sites excluding steroid dienone is 1. The van der Waals surface area contributed by atoms with Crippen molar-refractivity contribution in [1.82, 2.24) is 10.2 Å². The normalized spacial score (nSPS) is 15.7. The zero-order valence-electron chi connectivity index (χ0n) is 21.1. The van der Waals surface area contributed by atoms with E-state index in [0.29, 0.717) is 29.9 Å². The zero-order chi connectivity index (χ0) is 27.9. The second-order valence-electron chi connectivity index (χ2n) is 8.44. The van der Waals surface area contributed by atoms with Crippen molar-refractivity contribution in [3.63, 3.8) is 0 Å². The molecule has 1 atom stereocenters. The molecule has 0 saturated heterocycles. The summed E-state index contributed by atoms with van der Waals surface area (Å²) in [4.78, 5) is 39.5. The summed E-state index contributed by atoms with van der Waals surface area (Å²) in [6.07, 6.45) is -3.78. The van der Waals surface area contributed by atoms with Crippen molar-refractivity contribution >= 4 is 29.4 Å². The molecule has 0 aromatic heterocycles. The van der Waals surface area contributed by atoms with Crippen molar-refractivity contribution < 1.29 is 37.0 Å². The highest BCUT2D eigenvalue weighted by Gasteiger charge is 2.36. The molecular weight excluding hydrogens is 505 g/mol. The molecule has 9 nitrogen and oxygen atoms in total. The number of alkyl halides is 3. The van der Waals surface area contributed by atoms with Crippen LogP contribution in [0.4, 0.5) is 34.1 Å². The predicted molar refractivity (Wildman–Crippen MR) is 134 cm³/mol. The van der Waals surface area contributed by atoms with Crippen LogP contribution in [0, 0.1) is 0 Å². The first kappa shape index (κ1) is 28.5. The van der Waals surface area contributed by atoms with Gasteiger partial charge in [-0.3, -0.25) is 4.90 Å². The van der Waals surface area contributed by atoms with E-state index in [9.17, 15) is 27.6 Å². The lowest BCUT2D eigenvalue weighted by Gasteiger charge is -2.35. The number of ether oxygens (including phenoxy) is 2. The van der Waals surface area contributed by atoms with Gasteiger partial charge < -0.3 is 25.4 Å². The number of carbonyl (C=O) groups excluding carboxylic acids is 3. The highest BCUT2D eigenvalue weighted by Crippen LogP contribution is 2.32. The molecule has 2 aromatic rings. The number of anilines is 2. The molecule has 0 radical (unpaired) electrons. The van der Waals surface area contributed by atoms with Crippen LogP contribution >= 0.6 is 0 Å². The third-order valence-electron chi connectivity index (χ3n) is 5.76. The molecule has 12 heteroatoms. The average molecular weight is 535 g/mol. The van der Waals surface area contributed by atoms with Crippen LogP contribution in [0.25, 0.3) is 0 Å². The smallest absolute Gasteiger partial charge is 0.416 e. The Bertz CT molecular complexity index is 1180. The molecule has 0 saturated carbocycles. The van der Waals surface area contributed by atoms with Gasteiger partial charge in [0.2, 0.25) is 0 Å². The van der Waals surface area contributed by atoms with E-state index in [0.717, 1.165) is 24.3 Å². The van der Waals surface area contributed by atoms with Crippen LogP contribution in [0.15, 0.2) is 59.8 Å². The Labute approximate surface area is 218 Å². The van der Waals surface area contributed by atoms with E-state index < -0.39 is 29.8 Å². The van der Waals surface area contributed by atoms with Gasteiger partial charge in [-0.05, 0) is 55.3 Å². The van der Waals surface area contributed by atoms with E-state index in [1.54, 1.807) is 31.2 Å². The van der Waals surface area contributed by atoms with Gasteiger partial charge in [-0.2, -0.15) is 13.2 Å². The highest BCUT2D eigenvalue weighted by atomic mass is 19.4. The lowest BCUT2D eigenvalue weighted by molar-refractivity contribution is -0.141. The number of benzene rings is 2. The van der Waals surface area contributed by atoms with Gasteiger partial charge in [0.05, 0.1) is 23.8 Å². The standard InChI is InChI=1S/C26H29F3N4O5/c1-4-13-33-16(2)21(23(34)38-15-14-37-3)22(32-25(33)36)17-5-9-19(10-6-17)30-24(35)31-20-11-7-18(8-12-20)26(27,28)29/h5-12,22H,4,13-15H2,1-3H3,(H,32,36)(H2,30,31,35). The van der Waals surface area contributed by atoms with E-state index in [1.807, 2.05) is 6.92 Å². The number of carbonyl (C=O) groups is 3. The molecule has 4 amide bonds. The Morgan fingerprint density at radius 3 is 2.11 bits per heavy atom. The maximum Gasteiger partial charge on any atom is 0.416 e. The Kier molecular flexibility index (Phi) is 9.35. The number of methoxy groups -OCH3 is 1. The van der Waals surface area contributed by atoms with Gasteiger partial charge in [0.25, 0.3) is 0 Å². The van der Waals surface area contributed by atoms with Gasteiger partial charge in [-0.1, -0.05) is 19.1 Å². The van der Waals surface area contributed by atoms with Crippen LogP contribution < -0.4 is 16.0 Å². The largest absolute Gasteiger partial charge is 0.460 e. The van der Waals surface area contributed by atoms with Crippen LogP contribution in [0.5, 0.6) is 0 Å². The van der Waals surface area contributed by atoms with Crippen LogP contribution in [0.1, 0.15) is 37.4 Å². The quantitative estimate of drug-likeness (QED) is 0.299. The second kappa shape index (κ2) is 12.5. The molecule has 1 aliphatic heterocycles. The maximum atomic E-state index is 12.9. The number of rotatable bonds is 9. The molecule has 1 unspecified atom stereocenters. The zero-order valence-corrected chi connectivity index (χ0v) is 21.1. The first-order valence-electron chi connectivity index (χ1n) is 11.8. The summed E-state index contributed by atoms with van der Waals surface area (Å²) in [6, 6.07) is 8.72. The highest BCUT2D eigenvalue weighted by molar-refractivity contribution is 6.00. The molecule has 2 aromatic carbocycles. The molecule has 1 aliphatic rings. The van der Waals surface area contributed by atoms with Crippen LogP contribution in [-0.4, -0.2) is 49.8 Å². The maximum absolute atomic E-state index is 12.9. The fourth-order valence-electron chi connectivity index (χ4n) is 3.88. The molecule has 0 spiro atoms. The number of hydrogen-bond donors (Lipinski definition) is 3. The van der Waals surface area contributed by atoms with Crippen molar-refractivity contribution in [2.75, 3.05) is 37.5 Å². The van der Waals surface area contributed by atoms with Crippen molar-refractivity contribution in [3.05, 3.63) is 70.9 Å². The van der Waals surface area contributed by atoms with E-state index in [2.05, 4.69) is 16.0 Å². The summed E-state index contributed by atoms with van der Waals surface area (Å²) < 4.78 is 48.4. The van der Waals surface area contributed by atoms with Gasteiger partial charge in [0.1, 0.15) is 6.61 Å². The predicted octanol–water partition coefficient (Wildman–Crippen LogP) is 5.29. The van der Waals surface area contributed by atoms with Gasteiger partial charge in [0.15, 0.2) is 0 Å². The third kappa shape index (κ3) is 7.03. The number of urea groups is 2. The summed E-state index contributed by atoms with van der Waals surface area (Å²) in [5, 5.41) is 7.90. The Hall–Kier alpha value is -4.06. The molecule has 0 bridgehead atoms. The number of hydrogen-bond acceptors (Lipinski definition) is 5. The van der Waals surface area contributed by atoms with E-state index in [4.69, 9.17) is 9.47 Å². The minimum absolute atomic E-state index is 0.0530. The molecule has 38 heavy (non-hydrogen) atoms. The van der Waals surface area contributed by atoms with Crippen molar-refractivity contribution in [3.8, 4) is 0 Å². The van der Waals surface area contributed by atoms with Crippen molar-refractivity contribution in [2.45, 2.75) is 32.5 Å². The topological polar surface area (TPSA) is 109 Å². The molecule has 204 valence electrons. The first-order chi connectivity index (χ1) is 18.0.